The molecule has 0 aliphatic rings. The van der Waals surface area contributed by atoms with Crippen LogP contribution < -0.4 is 5.32 Å². The molecule has 0 bridgehead atoms. The molecule has 0 heterocycles. The molecule has 1 amide bonds. The van der Waals surface area contributed by atoms with Crippen molar-refractivity contribution in [3.8, 4) is 0 Å². The first-order chi connectivity index (χ1) is 7.02. The molecule has 15 heavy (non-hydrogen) atoms. The Kier molecular flexibility index (Phi) is 3.27. The number of carbonyl (C=O) groups excluding carboxylic acids is 1. The molecule has 1 aromatic rings. The molecule has 0 unspecified atom stereocenters. The number of hydrogen-bond acceptors (Lipinski definition) is 3. The van der Waals surface area contributed by atoms with Crippen LogP contribution in [0.3, 0.4) is 0 Å². The van der Waals surface area contributed by atoms with Crippen molar-refractivity contribution in [3.63, 3.8) is 0 Å². The van der Waals surface area contributed by atoms with Gasteiger partial charge in [-0.05, 0) is 6.07 Å². The van der Waals surface area contributed by atoms with E-state index in [2.05, 4.69) is 0 Å². The molecule has 1 aromatic carbocycles. The molecule has 0 fully saturated rings. The van der Waals surface area contributed by atoms with Crippen molar-refractivity contribution in [1.82, 2.24) is 0 Å². The summed E-state index contributed by atoms with van der Waals surface area (Å²) >= 11 is 0. The minimum absolute atomic E-state index is 0.243. The molecule has 0 saturated carbocycles. The number of benzene rings is 1. The van der Waals surface area contributed by atoms with Crippen molar-refractivity contribution >= 4 is 17.3 Å². The quantitative estimate of drug-likeness (QED) is 0.618. The second-order valence-corrected chi connectivity index (χ2v) is 2.56. The summed E-state index contributed by atoms with van der Waals surface area (Å²) in [7, 11) is 0. The lowest BCUT2D eigenvalue weighted by molar-refractivity contribution is -0.383. The lowest BCUT2D eigenvalue weighted by Gasteiger charge is -2.04. The van der Waals surface area contributed by atoms with Crippen molar-refractivity contribution in [2.75, 3.05) is 5.32 Å². The van der Waals surface area contributed by atoms with Gasteiger partial charge in [0.25, 0.3) is 11.6 Å². The van der Waals surface area contributed by atoms with Crippen LogP contribution in [0.2, 0.25) is 0 Å². The van der Waals surface area contributed by atoms with Crippen molar-refractivity contribution in [2.24, 2.45) is 0 Å². The van der Waals surface area contributed by atoms with Crippen LogP contribution in [0.25, 0.3) is 0 Å². The fourth-order valence-electron chi connectivity index (χ4n) is 0.926. The summed E-state index contributed by atoms with van der Waals surface area (Å²) in [6.07, 6.45) is -3.20. The number of nitrogens with one attached hydrogen (secondary N) is 1. The van der Waals surface area contributed by atoms with Gasteiger partial charge in [-0.15, -0.1) is 0 Å². The van der Waals surface area contributed by atoms with E-state index in [1.54, 1.807) is 5.32 Å². The van der Waals surface area contributed by atoms with Gasteiger partial charge in [-0.2, -0.15) is 8.78 Å². The number of nitrogens with zero attached hydrogens (tertiary/aromatic N) is 1. The van der Waals surface area contributed by atoms with E-state index >= 15 is 0 Å². The van der Waals surface area contributed by atoms with Gasteiger partial charge in [0.15, 0.2) is 0 Å². The van der Waals surface area contributed by atoms with E-state index in [1.807, 2.05) is 0 Å². The molecule has 1 N–H and O–H groups in total. The van der Waals surface area contributed by atoms with Gasteiger partial charge >= 0.3 is 6.43 Å². The average Bonchev–Trinajstić information content (AvgIpc) is 2.18. The third kappa shape index (κ3) is 2.70. The van der Waals surface area contributed by atoms with Crippen LogP contribution in [0.1, 0.15) is 0 Å². The number of halogens is 2. The van der Waals surface area contributed by atoms with Crippen LogP contribution in [0.15, 0.2) is 24.3 Å². The Morgan fingerprint density at radius 3 is 2.53 bits per heavy atom. The number of hydrogen-bond donors (Lipinski definition) is 1. The first-order valence-electron chi connectivity index (χ1n) is 3.85. The van der Waals surface area contributed by atoms with Gasteiger partial charge in [0.05, 0.1) is 4.92 Å². The van der Waals surface area contributed by atoms with E-state index in [1.165, 1.54) is 18.2 Å². The van der Waals surface area contributed by atoms with Gasteiger partial charge in [-0.1, -0.05) is 12.1 Å². The number of rotatable bonds is 3. The molecule has 0 atom stereocenters. The third-order valence-corrected chi connectivity index (χ3v) is 1.56. The van der Waals surface area contributed by atoms with Crippen LogP contribution in [0.4, 0.5) is 20.2 Å². The van der Waals surface area contributed by atoms with Gasteiger partial charge < -0.3 is 5.32 Å². The molecule has 0 aromatic heterocycles. The topological polar surface area (TPSA) is 72.2 Å². The van der Waals surface area contributed by atoms with E-state index in [-0.39, 0.29) is 5.69 Å². The molecule has 0 aliphatic heterocycles. The van der Waals surface area contributed by atoms with Crippen LogP contribution in [0, 0.1) is 10.1 Å². The Morgan fingerprint density at radius 2 is 2.00 bits per heavy atom. The number of carbonyl (C=O) groups is 1. The number of nitro benzene ring substituents is 1. The number of amides is 1. The second kappa shape index (κ2) is 4.45. The highest BCUT2D eigenvalue weighted by atomic mass is 19.3. The number of anilines is 1. The zero-order chi connectivity index (χ0) is 11.4. The first-order valence-corrected chi connectivity index (χ1v) is 3.85. The molecule has 7 heteroatoms. The monoisotopic (exact) mass is 216 g/mol. The smallest absolute Gasteiger partial charge is 0.315 e. The number of alkyl halides is 2. The van der Waals surface area contributed by atoms with E-state index in [4.69, 9.17) is 0 Å². The Balaban J connectivity index is 2.94. The maximum Gasteiger partial charge on any atom is 0.315 e. The summed E-state index contributed by atoms with van der Waals surface area (Å²) in [5, 5.41) is 12.2. The predicted molar refractivity (Wildman–Crippen MR) is 47.7 cm³/mol. The summed E-state index contributed by atoms with van der Waals surface area (Å²) in [6.45, 7) is 0. The van der Waals surface area contributed by atoms with Gasteiger partial charge in [0.2, 0.25) is 0 Å². The predicted octanol–water partition coefficient (Wildman–Crippen LogP) is 1.80. The highest BCUT2D eigenvalue weighted by molar-refractivity contribution is 5.95. The molecule has 0 aliphatic carbocycles. The lowest BCUT2D eigenvalue weighted by Crippen LogP contribution is -2.20. The normalized spacial score (nSPS) is 10.1. The van der Waals surface area contributed by atoms with E-state index < -0.39 is 22.9 Å². The molecular formula is C8H6F2N2O3. The van der Waals surface area contributed by atoms with Gasteiger partial charge in [0.1, 0.15) is 5.69 Å². The van der Waals surface area contributed by atoms with Gasteiger partial charge in [-0.3, -0.25) is 14.9 Å². The zero-order valence-electron chi connectivity index (χ0n) is 7.31. The Labute approximate surface area is 82.9 Å². The molecule has 80 valence electrons. The largest absolute Gasteiger partial charge is 0.315 e. The summed E-state index contributed by atoms with van der Waals surface area (Å²) in [5.74, 6) is -1.57. The van der Waals surface area contributed by atoms with Crippen LogP contribution in [-0.2, 0) is 4.79 Å². The van der Waals surface area contributed by atoms with Crippen molar-refractivity contribution in [1.29, 1.82) is 0 Å². The van der Waals surface area contributed by atoms with Gasteiger partial charge in [-0.25, -0.2) is 0 Å². The summed E-state index contributed by atoms with van der Waals surface area (Å²) < 4.78 is 23.7. The Hall–Kier alpha value is -2.05. The Bertz CT molecular complexity index is 395. The van der Waals surface area contributed by atoms with E-state index in [9.17, 15) is 23.7 Å². The number of nitro groups is 1. The summed E-state index contributed by atoms with van der Waals surface area (Å²) in [4.78, 5) is 20.3. The fraction of sp³-hybridized carbons (Fsp3) is 0.125. The molecule has 5 nitrogen and oxygen atoms in total. The fourth-order valence-corrected chi connectivity index (χ4v) is 0.926. The highest BCUT2D eigenvalue weighted by Gasteiger charge is 2.19. The van der Waals surface area contributed by atoms with Crippen LogP contribution in [0.5, 0.6) is 0 Å². The maximum atomic E-state index is 11.9. The summed E-state index contributed by atoms with van der Waals surface area (Å²) in [6, 6.07) is 5.06. The summed E-state index contributed by atoms with van der Waals surface area (Å²) in [5.41, 5.74) is -0.667. The zero-order valence-corrected chi connectivity index (χ0v) is 7.31. The van der Waals surface area contributed by atoms with Crippen molar-refractivity contribution in [2.45, 2.75) is 6.43 Å². The highest BCUT2D eigenvalue weighted by Crippen LogP contribution is 2.23. The first kappa shape index (κ1) is 11.0. The average molecular weight is 216 g/mol. The van der Waals surface area contributed by atoms with Gasteiger partial charge in [0, 0.05) is 6.07 Å². The SMILES string of the molecule is O=C(Nc1ccccc1[N+](=O)[O-])C(F)F. The van der Waals surface area contributed by atoms with Crippen molar-refractivity contribution in [3.05, 3.63) is 34.4 Å². The molecule has 0 spiro atoms. The molecule has 0 radical (unpaired) electrons. The molecule has 1 rings (SSSR count). The second-order valence-electron chi connectivity index (χ2n) is 2.56. The minimum atomic E-state index is -3.20. The van der Waals surface area contributed by atoms with Crippen LogP contribution >= 0.6 is 0 Å². The van der Waals surface area contributed by atoms with Crippen molar-refractivity contribution < 1.29 is 18.5 Å². The standard InChI is InChI=1S/C8H6F2N2O3/c9-7(10)8(13)11-5-3-1-2-4-6(5)12(14)15/h1-4,7H,(H,11,13). The minimum Gasteiger partial charge on any atom is -0.315 e. The van der Waals surface area contributed by atoms with Crippen LogP contribution in [-0.4, -0.2) is 17.3 Å². The maximum absolute atomic E-state index is 11.9. The lowest BCUT2D eigenvalue weighted by atomic mass is 10.2. The molecular weight excluding hydrogens is 210 g/mol. The Morgan fingerprint density at radius 1 is 1.40 bits per heavy atom. The van der Waals surface area contributed by atoms with E-state index in [0.717, 1.165) is 6.07 Å². The van der Waals surface area contributed by atoms with E-state index in [0.29, 0.717) is 0 Å². The number of para-hydroxylation sites is 2. The third-order valence-electron chi connectivity index (χ3n) is 1.56. The molecule has 0 saturated heterocycles.